The maximum atomic E-state index is 13.7. The number of hydrogen-bond donors (Lipinski definition) is 5. The first-order chi connectivity index (χ1) is 19.0. The van der Waals surface area contributed by atoms with Crippen molar-refractivity contribution in [2.24, 2.45) is 5.18 Å². The first kappa shape index (κ1) is 27.8. The van der Waals surface area contributed by atoms with Gasteiger partial charge in [-0.05, 0) is 13.0 Å². The molecular formula is C27H27NO12. The van der Waals surface area contributed by atoms with E-state index in [4.69, 9.17) is 14.2 Å². The SMILES string of the molecule is COc1cccc2c1C(=O)c1c(O)c3c(c(O)c1C2=O)C[C@@](O)(C(=O)CO)C[C@@H]3O[C@@H]1C[C@@H](N=O)[C@@H](O)[C@@H](C)O1. The first-order valence-electron chi connectivity index (χ1n) is 12.5. The van der Waals surface area contributed by atoms with E-state index in [-0.39, 0.29) is 34.4 Å². The number of aliphatic hydroxyl groups excluding tert-OH is 2. The van der Waals surface area contributed by atoms with Crippen LogP contribution in [0.4, 0.5) is 0 Å². The first-order valence-corrected chi connectivity index (χ1v) is 12.5. The molecule has 13 heteroatoms. The third kappa shape index (κ3) is 4.09. The van der Waals surface area contributed by atoms with Gasteiger partial charge in [0, 0.05) is 36.0 Å². The van der Waals surface area contributed by atoms with Gasteiger partial charge in [0.2, 0.25) is 5.78 Å². The summed E-state index contributed by atoms with van der Waals surface area (Å²) in [5.74, 6) is -3.99. The van der Waals surface area contributed by atoms with E-state index in [9.17, 15) is 44.8 Å². The van der Waals surface area contributed by atoms with Gasteiger partial charge in [-0.3, -0.25) is 14.4 Å². The van der Waals surface area contributed by atoms with E-state index in [0.717, 1.165) is 0 Å². The molecule has 5 rings (SSSR count). The number of Topliss-reactive ketones (excluding diaryl/α,β-unsaturated/α-hetero) is 1. The van der Waals surface area contributed by atoms with Gasteiger partial charge in [-0.2, -0.15) is 4.91 Å². The van der Waals surface area contributed by atoms with Crippen LogP contribution in [0.3, 0.4) is 0 Å². The topological polar surface area (TPSA) is 209 Å². The second-order valence-corrected chi connectivity index (χ2v) is 10.2. The lowest BCUT2D eigenvalue weighted by Gasteiger charge is -2.41. The highest BCUT2D eigenvalue weighted by Crippen LogP contribution is 2.52. The highest BCUT2D eigenvalue weighted by atomic mass is 16.7. The van der Waals surface area contributed by atoms with E-state index >= 15 is 0 Å². The Kier molecular flexibility index (Phi) is 6.96. The van der Waals surface area contributed by atoms with Gasteiger partial charge in [0.1, 0.15) is 41.6 Å². The zero-order valence-electron chi connectivity index (χ0n) is 21.5. The third-order valence-electron chi connectivity index (χ3n) is 7.87. The fourth-order valence-corrected chi connectivity index (χ4v) is 5.80. The van der Waals surface area contributed by atoms with Crippen molar-refractivity contribution in [1.29, 1.82) is 0 Å². The van der Waals surface area contributed by atoms with E-state index in [1.54, 1.807) is 0 Å². The molecule has 212 valence electrons. The van der Waals surface area contributed by atoms with Crippen LogP contribution in [-0.2, 0) is 20.7 Å². The largest absolute Gasteiger partial charge is 0.507 e. The number of ether oxygens (including phenoxy) is 3. The lowest BCUT2D eigenvalue weighted by molar-refractivity contribution is -0.247. The number of fused-ring (bicyclic) bond motifs is 3. The highest BCUT2D eigenvalue weighted by Gasteiger charge is 2.50. The van der Waals surface area contributed by atoms with E-state index in [1.165, 1.54) is 32.2 Å². The summed E-state index contributed by atoms with van der Waals surface area (Å²) >= 11 is 0. The Morgan fingerprint density at radius 1 is 1.15 bits per heavy atom. The van der Waals surface area contributed by atoms with Gasteiger partial charge < -0.3 is 39.7 Å². The molecule has 0 aromatic heterocycles. The number of carbonyl (C=O) groups excluding carboxylic acids is 3. The van der Waals surface area contributed by atoms with Gasteiger partial charge in [0.15, 0.2) is 17.9 Å². The number of carbonyl (C=O) groups is 3. The smallest absolute Gasteiger partial charge is 0.202 e. The number of methoxy groups -OCH3 is 1. The molecule has 2 aromatic rings. The molecule has 0 saturated carbocycles. The zero-order chi connectivity index (χ0) is 29.1. The van der Waals surface area contributed by atoms with Crippen LogP contribution >= 0.6 is 0 Å². The normalized spacial score (nSPS) is 29.3. The summed E-state index contributed by atoms with van der Waals surface area (Å²) in [6, 6.07) is 3.20. The van der Waals surface area contributed by atoms with Gasteiger partial charge in [-0.1, -0.05) is 17.3 Å². The molecule has 2 aliphatic carbocycles. The lowest BCUT2D eigenvalue weighted by atomic mass is 9.72. The summed E-state index contributed by atoms with van der Waals surface area (Å²) in [6.07, 6.45) is -6.12. The van der Waals surface area contributed by atoms with E-state index in [0.29, 0.717) is 0 Å². The second kappa shape index (κ2) is 10.0. The number of hydrogen-bond acceptors (Lipinski definition) is 13. The predicted molar refractivity (Wildman–Crippen MR) is 133 cm³/mol. The number of phenolic OH excluding ortho intramolecular Hbond substituents is 2. The number of rotatable bonds is 6. The van der Waals surface area contributed by atoms with Crippen molar-refractivity contribution in [2.75, 3.05) is 13.7 Å². The van der Waals surface area contributed by atoms with Gasteiger partial charge in [0.05, 0.1) is 36.0 Å². The van der Waals surface area contributed by atoms with Crippen molar-refractivity contribution in [1.82, 2.24) is 0 Å². The Morgan fingerprint density at radius 3 is 2.50 bits per heavy atom. The van der Waals surface area contributed by atoms with Crippen LogP contribution in [0.1, 0.15) is 68.8 Å². The second-order valence-electron chi connectivity index (χ2n) is 10.2. The lowest BCUT2D eigenvalue weighted by Crippen LogP contribution is -2.50. The summed E-state index contributed by atoms with van der Waals surface area (Å²) in [5, 5.41) is 56.6. The Hall–Kier alpha value is -3.75. The molecule has 2 aromatic carbocycles. The number of benzene rings is 2. The maximum Gasteiger partial charge on any atom is 0.202 e. The van der Waals surface area contributed by atoms with Crippen LogP contribution in [0.2, 0.25) is 0 Å². The number of aliphatic hydroxyl groups is 3. The average Bonchev–Trinajstić information content (AvgIpc) is 2.94. The van der Waals surface area contributed by atoms with E-state index in [1.807, 2.05) is 0 Å². The van der Waals surface area contributed by atoms with Crippen LogP contribution in [0.5, 0.6) is 17.2 Å². The molecule has 0 spiro atoms. The van der Waals surface area contributed by atoms with Gasteiger partial charge in [-0.15, -0.1) is 0 Å². The molecule has 0 radical (unpaired) electrons. The molecule has 5 N–H and O–H groups in total. The number of aromatic hydroxyl groups is 2. The number of nitroso groups, excluding NO2 is 1. The average molecular weight is 558 g/mol. The van der Waals surface area contributed by atoms with Crippen molar-refractivity contribution < 1.29 is 54.1 Å². The number of ketones is 3. The molecule has 40 heavy (non-hydrogen) atoms. The molecule has 13 nitrogen and oxygen atoms in total. The molecule has 1 heterocycles. The molecule has 0 bridgehead atoms. The predicted octanol–water partition coefficient (Wildman–Crippen LogP) is 0.809. The summed E-state index contributed by atoms with van der Waals surface area (Å²) in [7, 11) is 1.31. The minimum atomic E-state index is -2.30. The zero-order valence-corrected chi connectivity index (χ0v) is 21.5. The Balaban J connectivity index is 1.68. The monoisotopic (exact) mass is 557 g/mol. The minimum absolute atomic E-state index is 0.0735. The van der Waals surface area contributed by atoms with Gasteiger partial charge >= 0.3 is 0 Å². The Bertz CT molecular complexity index is 1440. The van der Waals surface area contributed by atoms with Crippen molar-refractivity contribution in [3.8, 4) is 17.2 Å². The van der Waals surface area contributed by atoms with E-state index in [2.05, 4.69) is 5.18 Å². The van der Waals surface area contributed by atoms with Crippen molar-refractivity contribution >= 4 is 17.3 Å². The molecule has 1 saturated heterocycles. The van der Waals surface area contributed by atoms with Crippen molar-refractivity contribution in [2.45, 2.75) is 62.4 Å². The van der Waals surface area contributed by atoms with Crippen molar-refractivity contribution in [3.05, 3.63) is 56.5 Å². The Morgan fingerprint density at radius 2 is 1.85 bits per heavy atom. The Labute approximate surface area is 226 Å². The summed E-state index contributed by atoms with van der Waals surface area (Å²) in [5.41, 5.74) is -3.93. The molecule has 1 aliphatic heterocycles. The summed E-state index contributed by atoms with van der Waals surface area (Å²) in [4.78, 5) is 51.0. The molecule has 6 atom stereocenters. The fourth-order valence-electron chi connectivity index (χ4n) is 5.80. The van der Waals surface area contributed by atoms with Crippen LogP contribution in [-0.4, -0.2) is 86.7 Å². The van der Waals surface area contributed by atoms with Crippen LogP contribution in [0.15, 0.2) is 23.4 Å². The summed E-state index contributed by atoms with van der Waals surface area (Å²) in [6.45, 7) is 0.425. The van der Waals surface area contributed by atoms with Gasteiger partial charge in [-0.25, -0.2) is 0 Å². The third-order valence-corrected chi connectivity index (χ3v) is 7.87. The van der Waals surface area contributed by atoms with Crippen molar-refractivity contribution in [3.63, 3.8) is 0 Å². The highest BCUT2D eigenvalue weighted by molar-refractivity contribution is 6.31. The minimum Gasteiger partial charge on any atom is -0.507 e. The summed E-state index contributed by atoms with van der Waals surface area (Å²) < 4.78 is 16.9. The van der Waals surface area contributed by atoms with Gasteiger partial charge in [0.25, 0.3) is 0 Å². The quantitative estimate of drug-likeness (QED) is 0.211. The number of nitrogens with zero attached hydrogens (tertiary/aromatic N) is 1. The maximum absolute atomic E-state index is 13.7. The molecule has 1 fully saturated rings. The molecular weight excluding hydrogens is 530 g/mol. The fraction of sp³-hybridized carbons (Fsp3) is 0.444. The number of phenols is 2. The molecule has 0 amide bonds. The molecule has 3 aliphatic rings. The standard InChI is InChI=1S/C27H27NO12/c1-10-22(31)13(28-37)6-17(39-10)40-15-8-27(36,16(30)9-29)7-12-19(15)26(35)21-20(24(12)33)23(32)11-4-3-5-14(38-2)18(11)25(21)34/h3-5,10,13,15,17,22,29,31,33,35-36H,6-9H2,1-2H3/t10-,13-,15+,17-,22+,27+/m1/s1. The molecule has 0 unspecified atom stereocenters. The van der Waals surface area contributed by atoms with Crippen LogP contribution in [0.25, 0.3) is 0 Å². The van der Waals surface area contributed by atoms with Crippen LogP contribution in [0, 0.1) is 4.91 Å². The van der Waals surface area contributed by atoms with E-state index < -0.39 is 95.7 Å². The van der Waals surface area contributed by atoms with Crippen LogP contribution < -0.4 is 4.74 Å².